The van der Waals surface area contributed by atoms with Gasteiger partial charge in [0, 0.05) is 25.2 Å². The van der Waals surface area contributed by atoms with Crippen LogP contribution in [0.25, 0.3) is 0 Å². The van der Waals surface area contributed by atoms with Gasteiger partial charge in [-0.15, -0.1) is 0 Å². The Balaban J connectivity index is 1.74. The number of benzene rings is 1. The maximum atomic E-state index is 3.64. The molecule has 0 spiro atoms. The Morgan fingerprint density at radius 1 is 1.21 bits per heavy atom. The minimum Gasteiger partial charge on any atom is -0.309 e. The van der Waals surface area contributed by atoms with Crippen LogP contribution in [0.5, 0.6) is 0 Å². The number of likely N-dealkylation sites (N-methyl/N-ethyl adjacent to an activating group) is 1. The van der Waals surface area contributed by atoms with Crippen molar-refractivity contribution in [2.45, 2.75) is 52.1 Å². The van der Waals surface area contributed by atoms with E-state index < -0.39 is 0 Å². The zero-order valence-electron chi connectivity index (χ0n) is 12.7. The normalized spacial score (nSPS) is 16.8. The Morgan fingerprint density at radius 3 is 2.42 bits per heavy atom. The lowest BCUT2D eigenvalue weighted by molar-refractivity contribution is 0.273. The van der Waals surface area contributed by atoms with Gasteiger partial charge in [0.25, 0.3) is 0 Å². The Labute approximate surface area is 118 Å². The molecule has 0 aliphatic heterocycles. The Kier molecular flexibility index (Phi) is 5.41. The molecule has 1 saturated carbocycles. The molecule has 1 aromatic rings. The van der Waals surface area contributed by atoms with E-state index in [2.05, 4.69) is 55.3 Å². The van der Waals surface area contributed by atoms with Gasteiger partial charge in [0.05, 0.1) is 0 Å². The molecule has 2 nitrogen and oxygen atoms in total. The summed E-state index contributed by atoms with van der Waals surface area (Å²) in [6.45, 7) is 10.2. The quantitative estimate of drug-likeness (QED) is 0.771. The summed E-state index contributed by atoms with van der Waals surface area (Å²) in [5.41, 5.74) is 2.81. The van der Waals surface area contributed by atoms with Crippen LogP contribution in [-0.4, -0.2) is 30.6 Å². The van der Waals surface area contributed by atoms with Gasteiger partial charge >= 0.3 is 0 Å². The second-order valence-electron chi connectivity index (χ2n) is 5.63. The molecule has 1 aromatic carbocycles. The van der Waals surface area contributed by atoms with E-state index in [1.807, 2.05) is 0 Å². The SMILES string of the molecule is CCc1ccc(C(C)NCCN(CC)C2CC2)cc1. The van der Waals surface area contributed by atoms with Crippen LogP contribution in [0.4, 0.5) is 0 Å². The predicted molar refractivity (Wildman–Crippen MR) is 82.5 cm³/mol. The van der Waals surface area contributed by atoms with Crippen LogP contribution in [0.15, 0.2) is 24.3 Å². The number of hydrogen-bond donors (Lipinski definition) is 1. The highest BCUT2D eigenvalue weighted by Gasteiger charge is 2.27. The van der Waals surface area contributed by atoms with E-state index in [1.54, 1.807) is 0 Å². The second kappa shape index (κ2) is 7.06. The van der Waals surface area contributed by atoms with Gasteiger partial charge in [0.2, 0.25) is 0 Å². The fraction of sp³-hybridized carbons (Fsp3) is 0.647. The number of aryl methyl sites for hydroxylation is 1. The molecule has 0 saturated heterocycles. The summed E-state index contributed by atoms with van der Waals surface area (Å²) < 4.78 is 0. The smallest absolute Gasteiger partial charge is 0.0292 e. The topological polar surface area (TPSA) is 15.3 Å². The van der Waals surface area contributed by atoms with E-state index in [0.717, 1.165) is 19.0 Å². The van der Waals surface area contributed by atoms with Crippen LogP contribution in [-0.2, 0) is 6.42 Å². The molecule has 1 unspecified atom stereocenters. The molecule has 0 aromatic heterocycles. The summed E-state index contributed by atoms with van der Waals surface area (Å²) in [5.74, 6) is 0. The van der Waals surface area contributed by atoms with E-state index in [-0.39, 0.29) is 0 Å². The molecule has 1 fully saturated rings. The Hall–Kier alpha value is -0.860. The summed E-state index contributed by atoms with van der Waals surface area (Å²) >= 11 is 0. The Bertz CT molecular complexity index is 367. The van der Waals surface area contributed by atoms with Gasteiger partial charge in [-0.05, 0) is 43.9 Å². The largest absolute Gasteiger partial charge is 0.309 e. The van der Waals surface area contributed by atoms with Crippen molar-refractivity contribution < 1.29 is 0 Å². The van der Waals surface area contributed by atoms with E-state index in [1.165, 1.54) is 37.1 Å². The number of rotatable bonds is 8. The fourth-order valence-electron chi connectivity index (χ4n) is 2.62. The van der Waals surface area contributed by atoms with Crippen molar-refractivity contribution in [3.8, 4) is 0 Å². The van der Waals surface area contributed by atoms with Crippen LogP contribution in [0, 0.1) is 0 Å². The maximum absolute atomic E-state index is 3.64. The lowest BCUT2D eigenvalue weighted by atomic mass is 10.1. The second-order valence-corrected chi connectivity index (χ2v) is 5.63. The Morgan fingerprint density at radius 2 is 1.89 bits per heavy atom. The summed E-state index contributed by atoms with van der Waals surface area (Å²) in [7, 11) is 0. The first-order valence-corrected chi connectivity index (χ1v) is 7.80. The van der Waals surface area contributed by atoms with E-state index in [0.29, 0.717) is 6.04 Å². The van der Waals surface area contributed by atoms with Gasteiger partial charge in [-0.2, -0.15) is 0 Å². The number of hydrogen-bond acceptors (Lipinski definition) is 2. The monoisotopic (exact) mass is 260 g/mol. The van der Waals surface area contributed by atoms with Crippen molar-refractivity contribution >= 4 is 0 Å². The summed E-state index contributed by atoms with van der Waals surface area (Å²) in [4.78, 5) is 2.60. The van der Waals surface area contributed by atoms with Gasteiger partial charge in [-0.25, -0.2) is 0 Å². The van der Waals surface area contributed by atoms with Crippen molar-refractivity contribution in [1.29, 1.82) is 0 Å². The van der Waals surface area contributed by atoms with Crippen LogP contribution in [0.3, 0.4) is 0 Å². The number of nitrogens with zero attached hydrogens (tertiary/aromatic N) is 1. The summed E-state index contributed by atoms with van der Waals surface area (Å²) in [6, 6.07) is 10.3. The third-order valence-corrected chi connectivity index (χ3v) is 4.21. The molecule has 1 aliphatic rings. The molecular formula is C17H28N2. The lowest BCUT2D eigenvalue weighted by Crippen LogP contribution is -2.34. The van der Waals surface area contributed by atoms with E-state index in [4.69, 9.17) is 0 Å². The van der Waals surface area contributed by atoms with Crippen molar-refractivity contribution in [2.75, 3.05) is 19.6 Å². The first-order chi connectivity index (χ1) is 9.24. The molecule has 19 heavy (non-hydrogen) atoms. The molecule has 0 bridgehead atoms. The van der Waals surface area contributed by atoms with Crippen molar-refractivity contribution in [3.05, 3.63) is 35.4 Å². The van der Waals surface area contributed by atoms with Gasteiger partial charge in [-0.3, -0.25) is 4.90 Å². The highest BCUT2D eigenvalue weighted by Crippen LogP contribution is 2.25. The summed E-state index contributed by atoms with van der Waals surface area (Å²) in [5, 5.41) is 3.64. The number of nitrogens with one attached hydrogen (secondary N) is 1. The van der Waals surface area contributed by atoms with Crippen molar-refractivity contribution in [2.24, 2.45) is 0 Å². The van der Waals surface area contributed by atoms with Crippen molar-refractivity contribution in [3.63, 3.8) is 0 Å². The first kappa shape index (κ1) is 14.5. The molecule has 1 N–H and O–H groups in total. The standard InChI is InChI=1S/C17H28N2/c1-4-15-6-8-16(9-7-15)14(3)18-12-13-19(5-2)17-10-11-17/h6-9,14,17-18H,4-5,10-13H2,1-3H3. The van der Waals surface area contributed by atoms with Gasteiger partial charge in [-0.1, -0.05) is 38.1 Å². The average Bonchev–Trinajstić information content (AvgIpc) is 3.28. The minimum atomic E-state index is 0.448. The predicted octanol–water partition coefficient (Wildman–Crippen LogP) is 3.38. The molecule has 2 heteroatoms. The molecule has 2 rings (SSSR count). The molecule has 1 atom stereocenters. The molecule has 1 aliphatic carbocycles. The third-order valence-electron chi connectivity index (χ3n) is 4.21. The fourth-order valence-corrected chi connectivity index (χ4v) is 2.62. The maximum Gasteiger partial charge on any atom is 0.0292 e. The highest BCUT2D eigenvalue weighted by atomic mass is 15.2. The van der Waals surface area contributed by atoms with Gasteiger partial charge in [0.1, 0.15) is 0 Å². The first-order valence-electron chi connectivity index (χ1n) is 7.80. The van der Waals surface area contributed by atoms with Gasteiger partial charge in [0.15, 0.2) is 0 Å². The third kappa shape index (κ3) is 4.32. The van der Waals surface area contributed by atoms with Crippen LogP contribution < -0.4 is 5.32 Å². The zero-order valence-corrected chi connectivity index (χ0v) is 12.7. The minimum absolute atomic E-state index is 0.448. The van der Waals surface area contributed by atoms with E-state index in [9.17, 15) is 0 Å². The highest BCUT2D eigenvalue weighted by molar-refractivity contribution is 5.24. The summed E-state index contributed by atoms with van der Waals surface area (Å²) in [6.07, 6.45) is 3.93. The molecule has 0 radical (unpaired) electrons. The van der Waals surface area contributed by atoms with Crippen LogP contribution >= 0.6 is 0 Å². The average molecular weight is 260 g/mol. The van der Waals surface area contributed by atoms with E-state index >= 15 is 0 Å². The molecule has 0 amide bonds. The molecular weight excluding hydrogens is 232 g/mol. The van der Waals surface area contributed by atoms with Crippen LogP contribution in [0.1, 0.15) is 50.8 Å². The zero-order chi connectivity index (χ0) is 13.7. The van der Waals surface area contributed by atoms with Gasteiger partial charge < -0.3 is 5.32 Å². The molecule has 106 valence electrons. The van der Waals surface area contributed by atoms with Crippen LogP contribution in [0.2, 0.25) is 0 Å². The lowest BCUT2D eigenvalue weighted by Gasteiger charge is -2.22. The van der Waals surface area contributed by atoms with Crippen molar-refractivity contribution in [1.82, 2.24) is 10.2 Å². The molecule has 0 heterocycles.